The Morgan fingerprint density at radius 2 is 0.269 bits per heavy atom. The molecule has 0 radical (unpaired) electrons. The Labute approximate surface area is 741 Å². The van der Waals surface area contributed by atoms with Crippen molar-refractivity contribution < 1.29 is 104 Å². The van der Waals surface area contributed by atoms with Crippen molar-refractivity contribution in [2.75, 3.05) is 277 Å². The summed E-state index contributed by atoms with van der Waals surface area (Å²) in [6, 6.07) is 0. The summed E-state index contributed by atoms with van der Waals surface area (Å²) >= 11 is 0. The molecule has 0 aromatic carbocycles. The fraction of sp³-hybridized carbons (Fsp3) is 0.990. The minimum absolute atomic E-state index is 0.343. The predicted octanol–water partition coefficient (Wildman–Crippen LogP) is 22.7. The summed E-state index contributed by atoms with van der Waals surface area (Å²) in [5.41, 5.74) is 1.38. The van der Waals surface area contributed by atoms with Gasteiger partial charge in [0.05, 0.1) is 198 Å². The SMILES string of the molecule is CC(C)(C)C(C)(C)C.CC(C)C(C)(C)C.CC(C)C(C)C.CCC(=O)CC.CCC(C)C.CCCOCCC.CCCOCCOCCC.CCCOCCOCCOCCC.CCCOCCOCCOCCOCCC.CCCOCCOCCOCCOCCOCCC.CCCOCCOCCOCCOCCOCCOCCC. The van der Waals surface area contributed by atoms with Crippen LogP contribution in [0.5, 0.6) is 0 Å². The van der Waals surface area contributed by atoms with Gasteiger partial charge in [0.15, 0.2) is 0 Å². The Hall–Kier alpha value is -1.17. The minimum Gasteiger partial charge on any atom is -0.381 e. The van der Waals surface area contributed by atoms with Gasteiger partial charge < -0.3 is 99.5 Å². The number of carbonyl (C=O) groups excluding carboxylic acids is 1. The number of ether oxygens (including phenoxy) is 21. The van der Waals surface area contributed by atoms with E-state index in [1.165, 1.54) is 6.42 Å². The fourth-order valence-corrected chi connectivity index (χ4v) is 5.89. The van der Waals surface area contributed by atoms with Gasteiger partial charge in [0, 0.05) is 92.1 Å². The number of Topliss-reactive ketones (excluding diaryl/α,β-unsaturated/α-hetero) is 1. The Morgan fingerprint density at radius 1 is 0.185 bits per heavy atom. The molecule has 0 saturated heterocycles. The molecule has 119 heavy (non-hydrogen) atoms. The molecular weight excluding hydrogens is 1520 g/mol. The fourth-order valence-electron chi connectivity index (χ4n) is 5.89. The molecule has 22 nitrogen and oxygen atoms in total. The van der Waals surface area contributed by atoms with Gasteiger partial charge in [0.25, 0.3) is 0 Å². The number of ketones is 1. The Bertz CT molecular complexity index is 1500. The van der Waals surface area contributed by atoms with Gasteiger partial charge in [-0.3, -0.25) is 4.79 Å². The molecule has 0 bridgehead atoms. The maximum atomic E-state index is 10.2. The lowest BCUT2D eigenvalue weighted by Crippen LogP contribution is -2.25. The van der Waals surface area contributed by atoms with Crippen molar-refractivity contribution in [1.29, 1.82) is 0 Å². The third-order valence-corrected chi connectivity index (χ3v) is 16.7. The summed E-state index contributed by atoms with van der Waals surface area (Å²) < 4.78 is 111. The summed E-state index contributed by atoms with van der Waals surface area (Å²) in [5.74, 6) is 3.73. The van der Waals surface area contributed by atoms with Crippen molar-refractivity contribution in [1.82, 2.24) is 0 Å². The van der Waals surface area contributed by atoms with Crippen LogP contribution in [0.25, 0.3) is 0 Å². The second-order valence-electron chi connectivity index (χ2n) is 32.4. The van der Waals surface area contributed by atoms with E-state index < -0.39 is 0 Å². The Morgan fingerprint density at radius 3 is 0.311 bits per heavy atom. The van der Waals surface area contributed by atoms with Gasteiger partial charge in [0.2, 0.25) is 0 Å². The van der Waals surface area contributed by atoms with Crippen LogP contribution in [0.2, 0.25) is 0 Å². The van der Waals surface area contributed by atoms with Crippen LogP contribution in [0, 0.1) is 39.9 Å². The van der Waals surface area contributed by atoms with Gasteiger partial charge in [0.1, 0.15) is 5.78 Å². The molecule has 0 aliphatic carbocycles. The number of carbonyl (C=O) groups is 1. The van der Waals surface area contributed by atoms with Gasteiger partial charge in [-0.1, -0.05) is 228 Å². The van der Waals surface area contributed by atoms with E-state index in [0.717, 1.165) is 193 Å². The lowest BCUT2D eigenvalue weighted by Gasteiger charge is -2.34. The first-order valence-electron chi connectivity index (χ1n) is 47.5. The van der Waals surface area contributed by atoms with E-state index in [1.807, 2.05) is 13.8 Å². The van der Waals surface area contributed by atoms with Crippen LogP contribution < -0.4 is 0 Å². The van der Waals surface area contributed by atoms with Crippen LogP contribution in [0.4, 0.5) is 0 Å². The zero-order chi connectivity index (χ0) is 92.5. The van der Waals surface area contributed by atoms with E-state index in [-0.39, 0.29) is 0 Å². The third-order valence-electron chi connectivity index (χ3n) is 16.7. The van der Waals surface area contributed by atoms with Gasteiger partial charge in [-0.05, 0) is 117 Å². The van der Waals surface area contributed by atoms with Crippen LogP contribution in [-0.4, -0.2) is 283 Å². The molecule has 0 aliphatic rings. The second kappa shape index (κ2) is 130. The first kappa shape index (κ1) is 141. The van der Waals surface area contributed by atoms with Gasteiger partial charge in [-0.25, -0.2) is 0 Å². The molecule has 0 spiro atoms. The highest BCUT2D eigenvalue weighted by molar-refractivity contribution is 5.77. The molecular formula is C97H214O22. The largest absolute Gasteiger partial charge is 0.381 e. The van der Waals surface area contributed by atoms with Crippen molar-refractivity contribution in [3.05, 3.63) is 0 Å². The lowest BCUT2D eigenvalue weighted by molar-refractivity contribution is -0.118. The molecule has 0 amide bonds. The predicted molar refractivity (Wildman–Crippen MR) is 504 cm³/mol. The summed E-state index contributed by atoms with van der Waals surface area (Å²) in [4.78, 5) is 10.2. The van der Waals surface area contributed by atoms with Crippen LogP contribution >= 0.6 is 0 Å². The average molecular weight is 1730 g/mol. The summed E-state index contributed by atoms with van der Waals surface area (Å²) in [6.07, 6.45) is 15.6. The molecule has 734 valence electrons. The first-order chi connectivity index (χ1) is 56.9. The van der Waals surface area contributed by atoms with E-state index in [9.17, 15) is 4.79 Å². The molecule has 0 fully saturated rings. The summed E-state index contributed by atoms with van der Waals surface area (Å²) in [5, 5.41) is 0. The van der Waals surface area contributed by atoms with Gasteiger partial charge in [-0.15, -0.1) is 0 Å². The molecule has 0 aromatic heterocycles. The molecule has 0 aromatic rings. The van der Waals surface area contributed by atoms with Crippen LogP contribution in [-0.2, 0) is 104 Å². The van der Waals surface area contributed by atoms with E-state index in [2.05, 4.69) is 208 Å². The standard InChI is InChI=1S/C16H34O6.C14H30O5.C12H26O4.C10H22O3.C8H18O2.C8H18.C7H16.C6H14O.C6H14.C5H10O.C5H12/c1-3-5-17-7-9-19-11-13-21-15-16-22-14-12-20-10-8-18-6-4-2;1-3-5-15-7-9-17-11-13-19-14-12-18-10-8-16-6-4-2;1-3-5-13-7-9-15-11-12-16-10-8-14-6-4-2;1-3-5-11-7-9-13-10-8-12-6-4-2;1-3-5-9-7-8-10-6-4-2;1-7(2,3)8(4,5)6;1-6(2)7(3,4)5;1-3-5-7-6-4-2;1-5(2)6(3)4;1-3-5(6)4-2;1-4-5(2)3/h3-16H2,1-2H3;3-14H2,1-2H3;3-12H2,1-2H3;3-10H2,1-2H3;3-8H2,1-2H3;1-6H3;6H,1-5H3;3-6H2,1-2H3;5-6H,1-4H3;3-4H2,1-2H3;5H,4H2,1-3H3. The van der Waals surface area contributed by atoms with Crippen LogP contribution in [0.15, 0.2) is 0 Å². The van der Waals surface area contributed by atoms with E-state index in [0.29, 0.717) is 220 Å². The zero-order valence-electron chi connectivity index (χ0n) is 85.6. The van der Waals surface area contributed by atoms with Gasteiger partial charge >= 0.3 is 0 Å². The lowest BCUT2D eigenvalue weighted by atomic mass is 9.71. The molecule has 22 heteroatoms. The van der Waals surface area contributed by atoms with Crippen molar-refractivity contribution in [3.63, 3.8) is 0 Å². The Balaban J connectivity index is -0.000000124. The van der Waals surface area contributed by atoms with Gasteiger partial charge in [-0.2, -0.15) is 0 Å². The average Bonchev–Trinajstić information content (AvgIpc) is 0.873. The molecule has 0 unspecified atom stereocenters. The highest BCUT2D eigenvalue weighted by atomic mass is 16.6. The zero-order valence-corrected chi connectivity index (χ0v) is 85.6. The second-order valence-corrected chi connectivity index (χ2v) is 32.4. The highest BCUT2D eigenvalue weighted by Gasteiger charge is 2.27. The van der Waals surface area contributed by atoms with E-state index >= 15 is 0 Å². The van der Waals surface area contributed by atoms with Crippen molar-refractivity contribution in [2.24, 2.45) is 39.9 Å². The molecule has 0 N–H and O–H groups in total. The van der Waals surface area contributed by atoms with Crippen molar-refractivity contribution in [3.8, 4) is 0 Å². The topological polar surface area (TPSA) is 211 Å². The van der Waals surface area contributed by atoms with Crippen molar-refractivity contribution in [2.45, 2.75) is 318 Å². The smallest absolute Gasteiger partial charge is 0.132 e. The number of hydrogen-bond donors (Lipinski definition) is 0. The molecule has 0 aliphatic heterocycles. The minimum atomic E-state index is 0.343. The molecule has 0 rings (SSSR count). The highest BCUT2D eigenvalue weighted by Crippen LogP contribution is 2.36. The number of rotatable bonds is 73. The molecule has 0 saturated carbocycles. The van der Waals surface area contributed by atoms with E-state index in [4.69, 9.17) is 99.5 Å². The van der Waals surface area contributed by atoms with Crippen LogP contribution in [0.3, 0.4) is 0 Å². The maximum Gasteiger partial charge on any atom is 0.132 e. The summed E-state index contributed by atoms with van der Waals surface area (Å²) in [7, 11) is 0. The Kier molecular flexibility index (Phi) is 154. The van der Waals surface area contributed by atoms with Crippen molar-refractivity contribution >= 4 is 5.78 Å². The normalized spacial score (nSPS) is 11.0. The first-order valence-corrected chi connectivity index (χ1v) is 47.5. The number of hydrogen-bond acceptors (Lipinski definition) is 22. The molecule has 0 heterocycles. The third kappa shape index (κ3) is 179. The maximum absolute atomic E-state index is 10.2. The summed E-state index contributed by atoms with van der Waals surface area (Å²) in [6.45, 7) is 98.7. The van der Waals surface area contributed by atoms with Crippen LogP contribution in [0.1, 0.15) is 318 Å². The van der Waals surface area contributed by atoms with E-state index in [1.54, 1.807) is 0 Å². The molecule has 0 atom stereocenters. The monoisotopic (exact) mass is 1730 g/mol. The quantitative estimate of drug-likeness (QED) is 0.0518.